The average molecular weight is 253 g/mol. The van der Waals surface area contributed by atoms with Crippen molar-refractivity contribution in [2.45, 2.75) is 32.6 Å². The van der Waals surface area contributed by atoms with Crippen molar-refractivity contribution in [1.82, 2.24) is 15.1 Å². The molecule has 0 aliphatic carbocycles. The van der Waals surface area contributed by atoms with Gasteiger partial charge in [-0.3, -0.25) is 9.69 Å². The molecule has 1 amide bonds. The van der Waals surface area contributed by atoms with Crippen LogP contribution in [0.15, 0.2) is 0 Å². The molecule has 1 N–H and O–H groups in total. The Labute approximate surface area is 111 Å². The van der Waals surface area contributed by atoms with E-state index in [4.69, 9.17) is 0 Å². The van der Waals surface area contributed by atoms with Crippen LogP contribution in [0.25, 0.3) is 0 Å². The lowest BCUT2D eigenvalue weighted by Crippen LogP contribution is -2.48. The molecule has 4 heteroatoms. The number of nitrogens with zero attached hydrogens (tertiary/aromatic N) is 2. The van der Waals surface area contributed by atoms with Crippen molar-refractivity contribution in [3.63, 3.8) is 0 Å². The Morgan fingerprint density at radius 3 is 2.67 bits per heavy atom. The summed E-state index contributed by atoms with van der Waals surface area (Å²) >= 11 is 0. The number of hydrogen-bond acceptors (Lipinski definition) is 3. The number of carbonyl (C=O) groups excluding carboxylic acids is 1. The van der Waals surface area contributed by atoms with E-state index in [0.717, 1.165) is 58.0 Å². The van der Waals surface area contributed by atoms with Crippen molar-refractivity contribution < 1.29 is 4.79 Å². The fourth-order valence-electron chi connectivity index (χ4n) is 2.98. The normalized spacial score (nSPS) is 25.6. The minimum absolute atomic E-state index is 0.373. The largest absolute Gasteiger partial charge is 0.340 e. The van der Waals surface area contributed by atoms with Crippen molar-refractivity contribution in [2.24, 2.45) is 5.92 Å². The van der Waals surface area contributed by atoms with E-state index in [1.165, 1.54) is 19.4 Å². The molecule has 0 aromatic rings. The van der Waals surface area contributed by atoms with E-state index in [9.17, 15) is 4.79 Å². The molecule has 4 nitrogen and oxygen atoms in total. The molecule has 0 saturated carbocycles. The van der Waals surface area contributed by atoms with Crippen molar-refractivity contribution in [1.29, 1.82) is 0 Å². The molecule has 104 valence electrons. The third-order valence-electron chi connectivity index (χ3n) is 4.19. The van der Waals surface area contributed by atoms with Crippen molar-refractivity contribution in [2.75, 3.05) is 45.8 Å². The topological polar surface area (TPSA) is 35.6 Å². The molecule has 2 rings (SSSR count). The van der Waals surface area contributed by atoms with Gasteiger partial charge in [0.1, 0.15) is 0 Å². The van der Waals surface area contributed by atoms with Gasteiger partial charge in [0.25, 0.3) is 0 Å². The summed E-state index contributed by atoms with van der Waals surface area (Å²) in [5, 5.41) is 3.36. The molecule has 0 aromatic heterocycles. The van der Waals surface area contributed by atoms with Gasteiger partial charge in [0.2, 0.25) is 5.91 Å². The first-order valence-electron chi connectivity index (χ1n) is 7.50. The molecule has 2 fully saturated rings. The molecule has 1 atom stereocenters. The van der Waals surface area contributed by atoms with Crippen LogP contribution in [0.2, 0.25) is 0 Å². The van der Waals surface area contributed by atoms with E-state index in [-0.39, 0.29) is 0 Å². The van der Waals surface area contributed by atoms with Gasteiger partial charge in [-0.1, -0.05) is 6.92 Å². The molecule has 0 bridgehead atoms. The van der Waals surface area contributed by atoms with Gasteiger partial charge in [0.15, 0.2) is 0 Å². The molecule has 0 spiro atoms. The lowest BCUT2D eigenvalue weighted by Gasteiger charge is -2.34. The van der Waals surface area contributed by atoms with Crippen LogP contribution < -0.4 is 5.32 Å². The predicted molar refractivity (Wildman–Crippen MR) is 73.5 cm³/mol. The van der Waals surface area contributed by atoms with Gasteiger partial charge in [-0.2, -0.15) is 0 Å². The number of nitrogens with one attached hydrogen (secondary N) is 1. The number of amides is 1. The monoisotopic (exact) mass is 253 g/mol. The highest BCUT2D eigenvalue weighted by molar-refractivity contribution is 5.76. The van der Waals surface area contributed by atoms with Crippen LogP contribution in [-0.4, -0.2) is 61.5 Å². The molecule has 2 aliphatic heterocycles. The SMILES string of the molecule is CCCN1CCN(C(=O)CCC2CCNC2)CC1. The summed E-state index contributed by atoms with van der Waals surface area (Å²) in [4.78, 5) is 16.6. The van der Waals surface area contributed by atoms with Gasteiger partial charge in [0, 0.05) is 32.6 Å². The van der Waals surface area contributed by atoms with Gasteiger partial charge >= 0.3 is 0 Å². The standard InChI is InChI=1S/C14H27N3O/c1-2-7-16-8-10-17(11-9-16)14(18)4-3-13-5-6-15-12-13/h13,15H,2-12H2,1H3. The molecule has 2 aliphatic rings. The second kappa shape index (κ2) is 7.10. The summed E-state index contributed by atoms with van der Waals surface area (Å²) in [5.74, 6) is 1.10. The predicted octanol–water partition coefficient (Wildman–Crippen LogP) is 0.930. The molecule has 1 unspecified atom stereocenters. The van der Waals surface area contributed by atoms with Crippen LogP contribution in [0.1, 0.15) is 32.6 Å². The van der Waals surface area contributed by atoms with E-state index in [1.54, 1.807) is 0 Å². The van der Waals surface area contributed by atoms with Gasteiger partial charge in [0.05, 0.1) is 0 Å². The quantitative estimate of drug-likeness (QED) is 0.792. The summed E-state index contributed by atoms with van der Waals surface area (Å²) in [6.07, 6.45) is 4.28. The molecule has 0 radical (unpaired) electrons. The first-order valence-corrected chi connectivity index (χ1v) is 7.50. The summed E-state index contributed by atoms with van der Waals surface area (Å²) in [7, 11) is 0. The number of carbonyl (C=O) groups is 1. The number of hydrogen-bond donors (Lipinski definition) is 1. The van der Waals surface area contributed by atoms with Crippen molar-refractivity contribution >= 4 is 5.91 Å². The van der Waals surface area contributed by atoms with E-state index in [0.29, 0.717) is 5.91 Å². The van der Waals surface area contributed by atoms with Gasteiger partial charge in [-0.25, -0.2) is 0 Å². The highest BCUT2D eigenvalue weighted by Gasteiger charge is 2.22. The molecular formula is C14H27N3O. The lowest BCUT2D eigenvalue weighted by molar-refractivity contribution is -0.133. The zero-order valence-electron chi connectivity index (χ0n) is 11.7. The molecule has 18 heavy (non-hydrogen) atoms. The Morgan fingerprint density at radius 1 is 1.28 bits per heavy atom. The van der Waals surface area contributed by atoms with Crippen LogP contribution in [-0.2, 0) is 4.79 Å². The maximum atomic E-state index is 12.1. The number of rotatable bonds is 5. The zero-order chi connectivity index (χ0) is 12.8. The summed E-state index contributed by atoms with van der Waals surface area (Å²) in [5.41, 5.74) is 0. The number of piperazine rings is 1. The fraction of sp³-hybridized carbons (Fsp3) is 0.929. The van der Waals surface area contributed by atoms with Crippen LogP contribution >= 0.6 is 0 Å². The Kier molecular flexibility index (Phi) is 5.45. The zero-order valence-corrected chi connectivity index (χ0v) is 11.7. The molecule has 2 saturated heterocycles. The summed E-state index contributed by atoms with van der Waals surface area (Å²) in [6, 6.07) is 0. The van der Waals surface area contributed by atoms with Crippen molar-refractivity contribution in [3.05, 3.63) is 0 Å². The second-order valence-corrected chi connectivity index (χ2v) is 5.62. The van der Waals surface area contributed by atoms with Gasteiger partial charge < -0.3 is 10.2 Å². The Morgan fingerprint density at radius 2 is 2.06 bits per heavy atom. The van der Waals surface area contributed by atoms with E-state index in [2.05, 4.69) is 22.0 Å². The summed E-state index contributed by atoms with van der Waals surface area (Å²) < 4.78 is 0. The lowest BCUT2D eigenvalue weighted by atomic mass is 10.0. The van der Waals surface area contributed by atoms with E-state index in [1.807, 2.05) is 0 Å². The maximum Gasteiger partial charge on any atom is 0.222 e. The first kappa shape index (κ1) is 13.8. The smallest absolute Gasteiger partial charge is 0.222 e. The third-order valence-corrected chi connectivity index (χ3v) is 4.19. The first-order chi connectivity index (χ1) is 8.79. The van der Waals surface area contributed by atoms with Gasteiger partial charge in [-0.15, -0.1) is 0 Å². The minimum atomic E-state index is 0.373. The molecule has 0 aromatic carbocycles. The van der Waals surface area contributed by atoms with Gasteiger partial charge in [-0.05, 0) is 44.8 Å². The van der Waals surface area contributed by atoms with Crippen LogP contribution in [0.3, 0.4) is 0 Å². The second-order valence-electron chi connectivity index (χ2n) is 5.62. The Hall–Kier alpha value is -0.610. The Bertz CT molecular complexity index is 256. The molecular weight excluding hydrogens is 226 g/mol. The average Bonchev–Trinajstić information content (AvgIpc) is 2.90. The maximum absolute atomic E-state index is 12.1. The van der Waals surface area contributed by atoms with Crippen molar-refractivity contribution in [3.8, 4) is 0 Å². The van der Waals surface area contributed by atoms with Crippen LogP contribution in [0.5, 0.6) is 0 Å². The fourth-order valence-corrected chi connectivity index (χ4v) is 2.98. The highest BCUT2D eigenvalue weighted by Crippen LogP contribution is 2.15. The van der Waals surface area contributed by atoms with E-state index >= 15 is 0 Å². The molecule has 2 heterocycles. The Balaban J connectivity index is 1.64. The van der Waals surface area contributed by atoms with E-state index < -0.39 is 0 Å². The summed E-state index contributed by atoms with van der Waals surface area (Å²) in [6.45, 7) is 9.62. The third kappa shape index (κ3) is 3.95. The van der Waals surface area contributed by atoms with Crippen LogP contribution in [0, 0.1) is 5.92 Å². The minimum Gasteiger partial charge on any atom is -0.340 e. The van der Waals surface area contributed by atoms with Crippen LogP contribution in [0.4, 0.5) is 0 Å². The highest BCUT2D eigenvalue weighted by atomic mass is 16.2.